The highest BCUT2D eigenvalue weighted by molar-refractivity contribution is 9.10. The second-order valence-electron chi connectivity index (χ2n) is 5.55. The van der Waals surface area contributed by atoms with Crippen LogP contribution in [0, 0.1) is 0 Å². The van der Waals surface area contributed by atoms with Gasteiger partial charge in [0.1, 0.15) is 0 Å². The predicted octanol–water partition coefficient (Wildman–Crippen LogP) is 2.30. The molecule has 22 heavy (non-hydrogen) atoms. The molecule has 1 amide bonds. The maximum atomic E-state index is 12.5. The molecule has 0 aliphatic carbocycles. The van der Waals surface area contributed by atoms with E-state index in [0.29, 0.717) is 13.0 Å². The van der Waals surface area contributed by atoms with Crippen LogP contribution < -0.4 is 5.73 Å². The van der Waals surface area contributed by atoms with Crippen LogP contribution in [0.1, 0.15) is 16.8 Å². The van der Waals surface area contributed by atoms with Gasteiger partial charge in [-0.15, -0.1) is 0 Å². The third-order valence-electron chi connectivity index (χ3n) is 3.96. The maximum absolute atomic E-state index is 12.5. The zero-order chi connectivity index (χ0) is 15.5. The van der Waals surface area contributed by atoms with E-state index in [2.05, 4.69) is 33.0 Å². The summed E-state index contributed by atoms with van der Waals surface area (Å²) < 4.78 is 1.08. The number of nitrogens with two attached hydrogens (primary N) is 1. The van der Waals surface area contributed by atoms with Gasteiger partial charge in [0, 0.05) is 35.9 Å². The van der Waals surface area contributed by atoms with Crippen molar-refractivity contribution in [3.63, 3.8) is 0 Å². The number of nitrogens with zero attached hydrogens (tertiary/aromatic N) is 2. The molecule has 2 aromatic rings. The monoisotopic (exact) mass is 359 g/mol. The molecule has 2 heterocycles. The smallest absolute Gasteiger partial charge is 0.240 e. The number of halogens is 1. The van der Waals surface area contributed by atoms with E-state index in [1.807, 2.05) is 29.2 Å². The highest BCUT2D eigenvalue weighted by Crippen LogP contribution is 2.23. The number of hydrogen-bond donors (Lipinski definition) is 1. The first-order chi connectivity index (χ1) is 10.6. The highest BCUT2D eigenvalue weighted by Gasteiger charge is 2.25. The van der Waals surface area contributed by atoms with Crippen LogP contribution in [0.2, 0.25) is 0 Å². The van der Waals surface area contributed by atoms with Crippen LogP contribution in [0.25, 0.3) is 0 Å². The second-order valence-corrected chi connectivity index (χ2v) is 6.47. The Hall–Kier alpha value is -1.72. The van der Waals surface area contributed by atoms with Crippen LogP contribution in [-0.2, 0) is 24.2 Å². The van der Waals surface area contributed by atoms with Gasteiger partial charge in [-0.25, -0.2) is 0 Å². The SMILES string of the molecule is NC(Cc1ccccn1)C(=O)N1CCc2cc(Br)ccc2C1. The van der Waals surface area contributed by atoms with Crippen molar-refractivity contribution in [1.82, 2.24) is 9.88 Å². The average molecular weight is 360 g/mol. The zero-order valence-corrected chi connectivity index (χ0v) is 13.8. The van der Waals surface area contributed by atoms with Gasteiger partial charge in [0.05, 0.1) is 6.04 Å². The van der Waals surface area contributed by atoms with Gasteiger partial charge in [0.2, 0.25) is 5.91 Å². The van der Waals surface area contributed by atoms with E-state index in [9.17, 15) is 4.79 Å². The van der Waals surface area contributed by atoms with Crippen LogP contribution in [0.4, 0.5) is 0 Å². The highest BCUT2D eigenvalue weighted by atomic mass is 79.9. The van der Waals surface area contributed by atoms with E-state index in [-0.39, 0.29) is 5.91 Å². The molecule has 0 saturated heterocycles. The topological polar surface area (TPSA) is 59.2 Å². The Labute approximate surface area is 138 Å². The first kappa shape index (κ1) is 15.2. The second kappa shape index (κ2) is 6.58. The van der Waals surface area contributed by atoms with Crippen LogP contribution >= 0.6 is 15.9 Å². The Balaban J connectivity index is 1.67. The first-order valence-electron chi connectivity index (χ1n) is 7.35. The minimum absolute atomic E-state index is 0.000721. The number of pyridine rings is 1. The standard InChI is InChI=1S/C17H18BrN3O/c18-14-5-4-13-11-21(8-6-12(13)9-14)17(22)16(19)10-15-3-1-2-7-20-15/h1-5,7,9,16H,6,8,10-11,19H2. The normalized spacial score (nSPS) is 15.3. The molecule has 1 aromatic carbocycles. The largest absolute Gasteiger partial charge is 0.337 e. The molecular formula is C17H18BrN3O. The summed E-state index contributed by atoms with van der Waals surface area (Å²) in [5, 5.41) is 0. The Kier molecular flexibility index (Phi) is 4.55. The fourth-order valence-electron chi connectivity index (χ4n) is 2.78. The molecule has 114 valence electrons. The summed E-state index contributed by atoms with van der Waals surface area (Å²) in [6, 6.07) is 11.3. The molecule has 1 unspecified atom stereocenters. The molecule has 5 heteroatoms. The fraction of sp³-hybridized carbons (Fsp3) is 0.294. The number of rotatable bonds is 3. The van der Waals surface area contributed by atoms with Crippen molar-refractivity contribution in [3.05, 3.63) is 63.9 Å². The summed E-state index contributed by atoms with van der Waals surface area (Å²) in [5.74, 6) is -0.000721. The number of amides is 1. The van der Waals surface area contributed by atoms with E-state index in [1.165, 1.54) is 11.1 Å². The van der Waals surface area contributed by atoms with Gasteiger partial charge in [-0.05, 0) is 41.8 Å². The lowest BCUT2D eigenvalue weighted by Gasteiger charge is -2.31. The number of carbonyl (C=O) groups excluding carboxylic acids is 1. The minimum atomic E-state index is -0.535. The molecule has 1 aromatic heterocycles. The summed E-state index contributed by atoms with van der Waals surface area (Å²) in [5.41, 5.74) is 9.44. The number of fused-ring (bicyclic) bond motifs is 1. The van der Waals surface area contributed by atoms with E-state index in [4.69, 9.17) is 5.73 Å². The van der Waals surface area contributed by atoms with Gasteiger partial charge in [0.15, 0.2) is 0 Å². The quantitative estimate of drug-likeness (QED) is 0.914. The number of benzene rings is 1. The summed E-state index contributed by atoms with van der Waals surface area (Å²) in [6.07, 6.45) is 3.07. The lowest BCUT2D eigenvalue weighted by Crippen LogP contribution is -2.46. The molecule has 1 atom stereocenters. The molecule has 1 aliphatic rings. The molecular weight excluding hydrogens is 342 g/mol. The van der Waals surface area contributed by atoms with Crippen LogP contribution in [0.3, 0.4) is 0 Å². The molecule has 0 spiro atoms. The summed E-state index contributed by atoms with van der Waals surface area (Å²) >= 11 is 3.49. The van der Waals surface area contributed by atoms with Crippen molar-refractivity contribution in [2.45, 2.75) is 25.4 Å². The molecule has 4 nitrogen and oxygen atoms in total. The molecule has 3 rings (SSSR count). The molecule has 2 N–H and O–H groups in total. The zero-order valence-electron chi connectivity index (χ0n) is 12.2. The molecule has 1 aliphatic heterocycles. The fourth-order valence-corrected chi connectivity index (χ4v) is 3.18. The third-order valence-corrected chi connectivity index (χ3v) is 4.46. The van der Waals surface area contributed by atoms with Crippen molar-refractivity contribution in [3.8, 4) is 0 Å². The van der Waals surface area contributed by atoms with Gasteiger partial charge >= 0.3 is 0 Å². The summed E-state index contributed by atoms with van der Waals surface area (Å²) in [4.78, 5) is 18.6. The molecule has 0 radical (unpaired) electrons. The summed E-state index contributed by atoms with van der Waals surface area (Å²) in [7, 11) is 0. The Bertz CT molecular complexity index is 675. The number of hydrogen-bond acceptors (Lipinski definition) is 3. The van der Waals surface area contributed by atoms with Crippen LogP contribution in [0.15, 0.2) is 47.1 Å². The maximum Gasteiger partial charge on any atom is 0.240 e. The van der Waals surface area contributed by atoms with Crippen molar-refractivity contribution >= 4 is 21.8 Å². The van der Waals surface area contributed by atoms with Gasteiger partial charge < -0.3 is 10.6 Å². The van der Waals surface area contributed by atoms with Gasteiger partial charge in [-0.1, -0.05) is 28.1 Å². The molecule has 0 fully saturated rings. The van der Waals surface area contributed by atoms with Crippen molar-refractivity contribution in [1.29, 1.82) is 0 Å². The van der Waals surface area contributed by atoms with E-state index in [1.54, 1.807) is 6.20 Å². The lowest BCUT2D eigenvalue weighted by atomic mass is 9.99. The van der Waals surface area contributed by atoms with Gasteiger partial charge in [-0.3, -0.25) is 9.78 Å². The first-order valence-corrected chi connectivity index (χ1v) is 8.14. The van der Waals surface area contributed by atoms with Crippen molar-refractivity contribution in [2.75, 3.05) is 6.54 Å². The minimum Gasteiger partial charge on any atom is -0.337 e. The van der Waals surface area contributed by atoms with E-state index < -0.39 is 6.04 Å². The van der Waals surface area contributed by atoms with Crippen molar-refractivity contribution in [2.24, 2.45) is 5.73 Å². The Morgan fingerprint density at radius 3 is 2.95 bits per heavy atom. The van der Waals surface area contributed by atoms with Gasteiger partial charge in [-0.2, -0.15) is 0 Å². The van der Waals surface area contributed by atoms with Crippen LogP contribution in [0.5, 0.6) is 0 Å². The number of carbonyl (C=O) groups is 1. The van der Waals surface area contributed by atoms with Crippen LogP contribution in [-0.4, -0.2) is 28.4 Å². The van der Waals surface area contributed by atoms with E-state index >= 15 is 0 Å². The van der Waals surface area contributed by atoms with Gasteiger partial charge in [0.25, 0.3) is 0 Å². The van der Waals surface area contributed by atoms with E-state index in [0.717, 1.165) is 23.1 Å². The summed E-state index contributed by atoms with van der Waals surface area (Å²) in [6.45, 7) is 1.36. The average Bonchev–Trinajstić information content (AvgIpc) is 2.54. The molecule has 0 saturated carbocycles. The lowest BCUT2D eigenvalue weighted by molar-refractivity contribution is -0.133. The molecule has 0 bridgehead atoms. The Morgan fingerprint density at radius 1 is 1.32 bits per heavy atom. The predicted molar refractivity (Wildman–Crippen MR) is 89.2 cm³/mol. The third kappa shape index (κ3) is 3.36. The van der Waals surface area contributed by atoms with Crippen molar-refractivity contribution < 1.29 is 4.79 Å². The Morgan fingerprint density at radius 2 is 2.18 bits per heavy atom. The number of aromatic nitrogens is 1.